The number of nitrogens with zero attached hydrogens (tertiary/aromatic N) is 3. The zero-order valence-corrected chi connectivity index (χ0v) is 13.7. The van der Waals surface area contributed by atoms with Gasteiger partial charge in [-0.05, 0) is 19.3 Å². The van der Waals surface area contributed by atoms with Crippen molar-refractivity contribution in [1.82, 2.24) is 20.4 Å². The first-order valence-corrected chi connectivity index (χ1v) is 8.68. The predicted octanol–water partition coefficient (Wildman–Crippen LogP) is 2.09. The second-order valence-corrected chi connectivity index (χ2v) is 6.29. The van der Waals surface area contributed by atoms with Crippen LogP contribution in [0.4, 0.5) is 9.93 Å². The molecule has 1 saturated heterocycles. The molecule has 1 fully saturated rings. The van der Waals surface area contributed by atoms with Crippen LogP contribution in [0.25, 0.3) is 0 Å². The van der Waals surface area contributed by atoms with Crippen molar-refractivity contribution in [3.8, 4) is 0 Å². The van der Waals surface area contributed by atoms with Crippen LogP contribution in [0.2, 0.25) is 0 Å². The van der Waals surface area contributed by atoms with Crippen molar-refractivity contribution in [2.45, 2.75) is 39.0 Å². The first kappa shape index (κ1) is 16.7. The van der Waals surface area contributed by atoms with Gasteiger partial charge in [-0.1, -0.05) is 31.1 Å². The van der Waals surface area contributed by atoms with Crippen LogP contribution in [-0.4, -0.2) is 46.7 Å². The number of carbonyl (C=O) groups excluding carboxylic acids is 2. The van der Waals surface area contributed by atoms with E-state index in [1.165, 1.54) is 11.3 Å². The van der Waals surface area contributed by atoms with E-state index in [0.717, 1.165) is 32.1 Å². The van der Waals surface area contributed by atoms with E-state index in [4.69, 9.17) is 0 Å². The van der Waals surface area contributed by atoms with Gasteiger partial charge in [-0.15, -0.1) is 10.2 Å². The minimum atomic E-state index is -0.181. The Bertz CT molecular complexity index is 480. The molecule has 2 N–H and O–H groups in total. The van der Waals surface area contributed by atoms with E-state index in [9.17, 15) is 9.59 Å². The quantitative estimate of drug-likeness (QED) is 0.784. The summed E-state index contributed by atoms with van der Waals surface area (Å²) in [6.45, 7) is 4.00. The molecule has 3 amide bonds. The number of likely N-dealkylation sites (tertiary alicyclic amines) is 1. The average molecular weight is 325 g/mol. The normalized spacial score (nSPS) is 18.0. The van der Waals surface area contributed by atoms with Gasteiger partial charge >= 0.3 is 6.03 Å². The van der Waals surface area contributed by atoms with Crippen molar-refractivity contribution in [2.24, 2.45) is 5.92 Å². The molecule has 22 heavy (non-hydrogen) atoms. The fourth-order valence-corrected chi connectivity index (χ4v) is 2.94. The van der Waals surface area contributed by atoms with Crippen molar-refractivity contribution in [3.05, 3.63) is 5.51 Å². The molecule has 2 heterocycles. The summed E-state index contributed by atoms with van der Waals surface area (Å²) in [5.74, 6) is -0.265. The summed E-state index contributed by atoms with van der Waals surface area (Å²) < 4.78 is 0. The number of unbranched alkanes of at least 4 members (excludes halogenated alkanes) is 2. The Morgan fingerprint density at radius 3 is 3.05 bits per heavy atom. The van der Waals surface area contributed by atoms with Crippen molar-refractivity contribution >= 4 is 28.4 Å². The Morgan fingerprint density at radius 1 is 1.45 bits per heavy atom. The Labute approximate surface area is 134 Å². The zero-order chi connectivity index (χ0) is 15.8. The maximum absolute atomic E-state index is 12.2. The van der Waals surface area contributed by atoms with E-state index in [2.05, 4.69) is 27.8 Å². The van der Waals surface area contributed by atoms with Gasteiger partial charge in [0.1, 0.15) is 5.51 Å². The zero-order valence-electron chi connectivity index (χ0n) is 12.9. The highest BCUT2D eigenvalue weighted by atomic mass is 32.1. The predicted molar refractivity (Wildman–Crippen MR) is 85.8 cm³/mol. The molecule has 8 heteroatoms. The van der Waals surface area contributed by atoms with E-state index in [0.29, 0.717) is 24.8 Å². The van der Waals surface area contributed by atoms with Crippen molar-refractivity contribution in [3.63, 3.8) is 0 Å². The molecule has 7 nitrogen and oxygen atoms in total. The summed E-state index contributed by atoms with van der Waals surface area (Å²) in [5.41, 5.74) is 1.58. The number of piperidine rings is 1. The number of amides is 3. The molecule has 0 spiro atoms. The molecule has 0 bridgehead atoms. The number of aromatic nitrogens is 2. The molecule has 1 aliphatic heterocycles. The third-order valence-electron chi connectivity index (χ3n) is 3.73. The lowest BCUT2D eigenvalue weighted by Crippen LogP contribution is -2.48. The lowest BCUT2D eigenvalue weighted by Gasteiger charge is -2.31. The summed E-state index contributed by atoms with van der Waals surface area (Å²) in [5, 5.41) is 13.7. The van der Waals surface area contributed by atoms with Crippen LogP contribution in [0.3, 0.4) is 0 Å². The number of carbonyl (C=O) groups is 2. The summed E-state index contributed by atoms with van der Waals surface area (Å²) in [6.07, 6.45) is 4.89. The van der Waals surface area contributed by atoms with Crippen LogP contribution >= 0.6 is 11.3 Å². The van der Waals surface area contributed by atoms with Crippen LogP contribution in [0, 0.1) is 5.92 Å². The van der Waals surface area contributed by atoms with Crippen LogP contribution < -0.4 is 10.6 Å². The largest absolute Gasteiger partial charge is 0.338 e. The summed E-state index contributed by atoms with van der Waals surface area (Å²) in [6, 6.07) is -0.0653. The highest BCUT2D eigenvalue weighted by Crippen LogP contribution is 2.19. The number of nitrogens with one attached hydrogen (secondary N) is 2. The minimum absolute atomic E-state index is 0.0653. The third kappa shape index (κ3) is 4.94. The lowest BCUT2D eigenvalue weighted by atomic mass is 9.97. The molecule has 0 aromatic carbocycles. The SMILES string of the molecule is CCCCCNC(=O)N1CCCC(C(=O)Nc2nncs2)C1. The molecule has 0 saturated carbocycles. The van der Waals surface area contributed by atoms with Crippen LogP contribution in [-0.2, 0) is 4.79 Å². The topological polar surface area (TPSA) is 87.2 Å². The number of hydrogen-bond donors (Lipinski definition) is 2. The van der Waals surface area contributed by atoms with Crippen molar-refractivity contribution < 1.29 is 9.59 Å². The number of rotatable bonds is 6. The molecule has 1 unspecified atom stereocenters. The van der Waals surface area contributed by atoms with Gasteiger partial charge in [-0.2, -0.15) is 0 Å². The van der Waals surface area contributed by atoms with Crippen LogP contribution in [0.5, 0.6) is 0 Å². The second kappa shape index (κ2) is 8.67. The average Bonchev–Trinajstić information content (AvgIpc) is 3.04. The molecule has 1 aromatic rings. The monoisotopic (exact) mass is 325 g/mol. The van der Waals surface area contributed by atoms with Gasteiger partial charge in [0.05, 0.1) is 5.92 Å². The second-order valence-electron chi connectivity index (χ2n) is 5.46. The van der Waals surface area contributed by atoms with Gasteiger partial charge < -0.3 is 15.5 Å². The number of anilines is 1. The van der Waals surface area contributed by atoms with Gasteiger partial charge in [0.15, 0.2) is 0 Å². The smallest absolute Gasteiger partial charge is 0.317 e. The molecular weight excluding hydrogens is 302 g/mol. The van der Waals surface area contributed by atoms with E-state index in [-0.39, 0.29) is 17.9 Å². The molecule has 0 radical (unpaired) electrons. The fraction of sp³-hybridized carbons (Fsp3) is 0.714. The maximum Gasteiger partial charge on any atom is 0.317 e. The van der Waals surface area contributed by atoms with Gasteiger partial charge in [-0.25, -0.2) is 4.79 Å². The Hall–Kier alpha value is -1.70. The molecule has 0 aliphatic carbocycles. The first-order chi connectivity index (χ1) is 10.7. The molecule has 1 atom stereocenters. The third-order valence-corrected chi connectivity index (χ3v) is 4.33. The van der Waals surface area contributed by atoms with Gasteiger partial charge in [0.25, 0.3) is 0 Å². The van der Waals surface area contributed by atoms with E-state index in [1.54, 1.807) is 10.4 Å². The fourth-order valence-electron chi connectivity index (χ4n) is 2.49. The van der Waals surface area contributed by atoms with Crippen LogP contribution in [0.15, 0.2) is 5.51 Å². The van der Waals surface area contributed by atoms with E-state index >= 15 is 0 Å². The molecule has 1 aliphatic rings. The van der Waals surface area contributed by atoms with Gasteiger partial charge in [0, 0.05) is 19.6 Å². The molecule has 2 rings (SSSR count). The van der Waals surface area contributed by atoms with Crippen LogP contribution in [0.1, 0.15) is 39.0 Å². The molecular formula is C14H23N5O2S. The number of urea groups is 1. The minimum Gasteiger partial charge on any atom is -0.338 e. The van der Waals surface area contributed by atoms with E-state index in [1.807, 2.05) is 0 Å². The highest BCUT2D eigenvalue weighted by molar-refractivity contribution is 7.13. The first-order valence-electron chi connectivity index (χ1n) is 7.80. The standard InChI is InChI=1S/C14H23N5O2S/c1-2-3-4-7-15-14(21)19-8-5-6-11(9-19)12(20)17-13-18-16-10-22-13/h10-11H,2-9H2,1H3,(H,15,21)(H,17,18,20). The van der Waals surface area contributed by atoms with E-state index < -0.39 is 0 Å². The highest BCUT2D eigenvalue weighted by Gasteiger charge is 2.28. The Kier molecular flexibility index (Phi) is 6.57. The van der Waals surface area contributed by atoms with Gasteiger partial charge in [-0.3, -0.25) is 4.79 Å². The molecule has 1 aromatic heterocycles. The van der Waals surface area contributed by atoms with Crippen molar-refractivity contribution in [2.75, 3.05) is 25.0 Å². The maximum atomic E-state index is 12.2. The Morgan fingerprint density at radius 2 is 2.32 bits per heavy atom. The van der Waals surface area contributed by atoms with Crippen molar-refractivity contribution in [1.29, 1.82) is 0 Å². The lowest BCUT2D eigenvalue weighted by molar-refractivity contribution is -0.121. The number of hydrogen-bond acceptors (Lipinski definition) is 5. The summed E-state index contributed by atoms with van der Waals surface area (Å²) in [4.78, 5) is 26.0. The Balaban J connectivity index is 1.78. The summed E-state index contributed by atoms with van der Waals surface area (Å²) >= 11 is 1.29. The summed E-state index contributed by atoms with van der Waals surface area (Å²) in [7, 11) is 0. The van der Waals surface area contributed by atoms with Gasteiger partial charge in [0.2, 0.25) is 11.0 Å². The molecule has 122 valence electrons.